The van der Waals surface area contributed by atoms with Gasteiger partial charge in [0.2, 0.25) is 0 Å². The first-order valence-electron chi connectivity index (χ1n) is 7.14. The molecule has 0 aliphatic carbocycles. The van der Waals surface area contributed by atoms with Gasteiger partial charge >= 0.3 is 0 Å². The average Bonchev–Trinajstić information content (AvgIpc) is 2.47. The first kappa shape index (κ1) is 14.6. The van der Waals surface area contributed by atoms with E-state index < -0.39 is 0 Å². The molecular weight excluding hydrogens is 246 g/mol. The third-order valence-corrected chi connectivity index (χ3v) is 3.64. The summed E-state index contributed by atoms with van der Waals surface area (Å²) in [6.07, 6.45) is 0. The zero-order valence-electron chi connectivity index (χ0n) is 12.7. The lowest BCUT2D eigenvalue weighted by Crippen LogP contribution is -2.17. The molecule has 0 fully saturated rings. The molecule has 1 unspecified atom stereocenters. The van der Waals surface area contributed by atoms with Crippen molar-refractivity contribution in [1.29, 1.82) is 0 Å². The Labute approximate surface area is 121 Å². The number of hydrogen-bond donors (Lipinski definition) is 1. The van der Waals surface area contributed by atoms with E-state index in [0.717, 1.165) is 12.3 Å². The number of aryl methyl sites for hydroxylation is 1. The van der Waals surface area contributed by atoms with E-state index in [1.165, 1.54) is 22.3 Å². The van der Waals surface area contributed by atoms with Crippen molar-refractivity contribution in [2.45, 2.75) is 26.8 Å². The predicted molar refractivity (Wildman–Crippen MR) is 85.3 cm³/mol. The SMILES string of the molecule is CCNC(C)c1cccc(-c2ccc(OC)cc2C)c1. The maximum atomic E-state index is 5.27. The fourth-order valence-electron chi connectivity index (χ4n) is 2.49. The Kier molecular flexibility index (Phi) is 4.80. The minimum Gasteiger partial charge on any atom is -0.497 e. The van der Waals surface area contributed by atoms with E-state index in [4.69, 9.17) is 4.74 Å². The van der Waals surface area contributed by atoms with Gasteiger partial charge in [0.15, 0.2) is 0 Å². The number of rotatable bonds is 5. The molecule has 0 amide bonds. The zero-order chi connectivity index (χ0) is 14.5. The van der Waals surface area contributed by atoms with Crippen LogP contribution in [0.3, 0.4) is 0 Å². The Morgan fingerprint density at radius 1 is 1.15 bits per heavy atom. The molecule has 2 rings (SSSR count). The van der Waals surface area contributed by atoms with Crippen LogP contribution in [0.2, 0.25) is 0 Å². The van der Waals surface area contributed by atoms with E-state index >= 15 is 0 Å². The third kappa shape index (κ3) is 3.20. The van der Waals surface area contributed by atoms with E-state index in [-0.39, 0.29) is 0 Å². The van der Waals surface area contributed by atoms with Crippen LogP contribution in [0.1, 0.15) is 31.0 Å². The Morgan fingerprint density at radius 2 is 1.95 bits per heavy atom. The van der Waals surface area contributed by atoms with Crippen molar-refractivity contribution < 1.29 is 4.74 Å². The van der Waals surface area contributed by atoms with Crippen molar-refractivity contribution in [3.8, 4) is 16.9 Å². The van der Waals surface area contributed by atoms with E-state index in [2.05, 4.69) is 62.5 Å². The van der Waals surface area contributed by atoms with Crippen LogP contribution in [0.15, 0.2) is 42.5 Å². The van der Waals surface area contributed by atoms with Crippen molar-refractivity contribution >= 4 is 0 Å². The third-order valence-electron chi connectivity index (χ3n) is 3.64. The van der Waals surface area contributed by atoms with E-state index in [1.54, 1.807) is 7.11 Å². The molecule has 2 aromatic carbocycles. The average molecular weight is 269 g/mol. The van der Waals surface area contributed by atoms with E-state index in [1.807, 2.05) is 6.07 Å². The summed E-state index contributed by atoms with van der Waals surface area (Å²) in [5.41, 5.74) is 5.07. The van der Waals surface area contributed by atoms with Gasteiger partial charge in [-0.2, -0.15) is 0 Å². The fraction of sp³-hybridized carbons (Fsp3) is 0.333. The molecule has 0 spiro atoms. The van der Waals surface area contributed by atoms with Crippen LogP contribution in [-0.2, 0) is 0 Å². The number of hydrogen-bond acceptors (Lipinski definition) is 2. The van der Waals surface area contributed by atoms with Crippen molar-refractivity contribution in [3.05, 3.63) is 53.6 Å². The maximum absolute atomic E-state index is 5.27. The molecule has 0 heterocycles. The molecule has 106 valence electrons. The standard InChI is InChI=1S/C18H23NO/c1-5-19-14(3)15-7-6-8-16(12-15)18-10-9-17(20-4)11-13(18)2/h6-12,14,19H,5H2,1-4H3. The number of methoxy groups -OCH3 is 1. The van der Waals surface area contributed by atoms with E-state index in [9.17, 15) is 0 Å². The molecule has 0 aliphatic heterocycles. The number of ether oxygens (including phenoxy) is 1. The topological polar surface area (TPSA) is 21.3 Å². The second-order valence-corrected chi connectivity index (χ2v) is 5.09. The molecule has 2 nitrogen and oxygen atoms in total. The molecule has 20 heavy (non-hydrogen) atoms. The highest BCUT2D eigenvalue weighted by Gasteiger charge is 2.07. The second kappa shape index (κ2) is 6.58. The highest BCUT2D eigenvalue weighted by molar-refractivity contribution is 5.68. The summed E-state index contributed by atoms with van der Waals surface area (Å²) in [6.45, 7) is 7.43. The number of nitrogens with one attached hydrogen (secondary N) is 1. The Balaban J connectivity index is 2.35. The van der Waals surface area contributed by atoms with Gasteiger partial charge in [-0.15, -0.1) is 0 Å². The molecule has 0 saturated carbocycles. The summed E-state index contributed by atoms with van der Waals surface area (Å²) in [6, 6.07) is 15.3. The first-order chi connectivity index (χ1) is 9.65. The fourth-order valence-corrected chi connectivity index (χ4v) is 2.49. The van der Waals surface area contributed by atoms with Gasteiger partial charge in [0, 0.05) is 6.04 Å². The van der Waals surface area contributed by atoms with Crippen molar-refractivity contribution in [2.24, 2.45) is 0 Å². The van der Waals surface area contributed by atoms with Gasteiger partial charge in [0.25, 0.3) is 0 Å². The second-order valence-electron chi connectivity index (χ2n) is 5.09. The van der Waals surface area contributed by atoms with Crippen LogP contribution >= 0.6 is 0 Å². The van der Waals surface area contributed by atoms with Crippen LogP contribution in [0, 0.1) is 6.92 Å². The predicted octanol–water partition coefficient (Wildman–Crippen LogP) is 4.34. The van der Waals surface area contributed by atoms with Crippen LogP contribution in [0.25, 0.3) is 11.1 Å². The lowest BCUT2D eigenvalue weighted by molar-refractivity contribution is 0.414. The molecule has 0 aromatic heterocycles. The molecule has 0 saturated heterocycles. The summed E-state index contributed by atoms with van der Waals surface area (Å²) < 4.78 is 5.27. The largest absolute Gasteiger partial charge is 0.497 e. The quantitative estimate of drug-likeness (QED) is 0.871. The van der Waals surface area contributed by atoms with Gasteiger partial charge in [-0.25, -0.2) is 0 Å². The molecule has 2 heteroatoms. The summed E-state index contributed by atoms with van der Waals surface area (Å²) >= 11 is 0. The minimum atomic E-state index is 0.374. The van der Waals surface area contributed by atoms with Crippen LogP contribution in [-0.4, -0.2) is 13.7 Å². The molecule has 1 N–H and O–H groups in total. The first-order valence-corrected chi connectivity index (χ1v) is 7.14. The smallest absolute Gasteiger partial charge is 0.119 e. The van der Waals surface area contributed by atoms with Gasteiger partial charge in [0.1, 0.15) is 5.75 Å². The monoisotopic (exact) mass is 269 g/mol. The van der Waals surface area contributed by atoms with Gasteiger partial charge in [0.05, 0.1) is 7.11 Å². The maximum Gasteiger partial charge on any atom is 0.119 e. The Hall–Kier alpha value is -1.80. The van der Waals surface area contributed by atoms with Crippen LogP contribution in [0.4, 0.5) is 0 Å². The molecule has 0 bridgehead atoms. The van der Waals surface area contributed by atoms with Gasteiger partial charge < -0.3 is 10.1 Å². The summed E-state index contributed by atoms with van der Waals surface area (Å²) in [4.78, 5) is 0. The van der Waals surface area contributed by atoms with Gasteiger partial charge in [-0.1, -0.05) is 31.2 Å². The molecule has 1 atom stereocenters. The van der Waals surface area contributed by atoms with Crippen molar-refractivity contribution in [1.82, 2.24) is 5.32 Å². The highest BCUT2D eigenvalue weighted by atomic mass is 16.5. The normalized spacial score (nSPS) is 12.2. The summed E-state index contributed by atoms with van der Waals surface area (Å²) in [5, 5.41) is 3.45. The summed E-state index contributed by atoms with van der Waals surface area (Å²) in [7, 11) is 1.70. The lowest BCUT2D eigenvalue weighted by Gasteiger charge is -2.15. The molecule has 2 aromatic rings. The molecule has 0 aliphatic rings. The summed E-state index contributed by atoms with van der Waals surface area (Å²) in [5.74, 6) is 0.906. The number of benzene rings is 2. The lowest BCUT2D eigenvalue weighted by atomic mass is 9.97. The van der Waals surface area contributed by atoms with Crippen molar-refractivity contribution in [2.75, 3.05) is 13.7 Å². The Bertz CT molecular complexity index is 577. The van der Waals surface area contributed by atoms with Gasteiger partial charge in [-0.05, 0) is 60.8 Å². The van der Waals surface area contributed by atoms with Crippen LogP contribution in [0.5, 0.6) is 5.75 Å². The zero-order valence-corrected chi connectivity index (χ0v) is 12.7. The molecule has 0 radical (unpaired) electrons. The molecular formula is C18H23NO. The highest BCUT2D eigenvalue weighted by Crippen LogP contribution is 2.28. The van der Waals surface area contributed by atoms with Crippen molar-refractivity contribution in [3.63, 3.8) is 0 Å². The van der Waals surface area contributed by atoms with Gasteiger partial charge in [-0.3, -0.25) is 0 Å². The Morgan fingerprint density at radius 3 is 2.60 bits per heavy atom. The minimum absolute atomic E-state index is 0.374. The van der Waals surface area contributed by atoms with Crippen LogP contribution < -0.4 is 10.1 Å². The van der Waals surface area contributed by atoms with E-state index in [0.29, 0.717) is 6.04 Å².